The molecule has 0 aliphatic rings. The van der Waals surface area contributed by atoms with Crippen molar-refractivity contribution in [3.05, 3.63) is 23.7 Å². The maximum absolute atomic E-state index is 11.8. The Morgan fingerprint density at radius 2 is 1.83 bits per heavy atom. The topological polar surface area (TPSA) is 102 Å². The smallest absolute Gasteiger partial charge is 0.371 e. The van der Waals surface area contributed by atoms with Gasteiger partial charge in [-0.1, -0.05) is 0 Å². The van der Waals surface area contributed by atoms with E-state index in [-0.39, 0.29) is 17.3 Å². The van der Waals surface area contributed by atoms with Crippen LogP contribution in [0.1, 0.15) is 30.2 Å². The molecule has 1 heterocycles. The van der Waals surface area contributed by atoms with Crippen LogP contribution in [0.3, 0.4) is 0 Å². The summed E-state index contributed by atoms with van der Waals surface area (Å²) < 4.78 is 16.7. The molecule has 0 radical (unpaired) electrons. The molecule has 7 heteroatoms. The van der Waals surface area contributed by atoms with Crippen molar-refractivity contribution >= 4 is 28.3 Å². The molecule has 0 aromatic carbocycles. The third-order valence-electron chi connectivity index (χ3n) is 2.16. The largest absolute Gasteiger partial charge is 0.475 e. The highest BCUT2D eigenvalue weighted by Gasteiger charge is 2.27. The van der Waals surface area contributed by atoms with Crippen molar-refractivity contribution in [3.8, 4) is 0 Å². The minimum atomic E-state index is -1.75. The summed E-state index contributed by atoms with van der Waals surface area (Å²) in [5.41, 5.74) is 0. The number of hydrogen-bond donors (Lipinski definition) is 1. The highest BCUT2D eigenvalue weighted by atomic mass is 32.2. The average Bonchev–Trinajstić information content (AvgIpc) is 2.64. The number of aromatic carboxylic acids is 1. The predicted molar refractivity (Wildman–Crippen MR) is 62.7 cm³/mol. The van der Waals surface area contributed by atoms with Crippen LogP contribution in [0.2, 0.25) is 0 Å². The van der Waals surface area contributed by atoms with Crippen LogP contribution in [-0.2, 0) is 26.1 Å². The van der Waals surface area contributed by atoms with Gasteiger partial charge in [0.25, 0.3) is 0 Å². The van der Waals surface area contributed by atoms with Crippen molar-refractivity contribution in [2.45, 2.75) is 24.9 Å². The Bertz CT molecular complexity index is 501. The van der Waals surface area contributed by atoms with Gasteiger partial charge in [-0.15, -0.1) is 0 Å². The van der Waals surface area contributed by atoms with Crippen molar-refractivity contribution in [2.24, 2.45) is 0 Å². The fourth-order valence-electron chi connectivity index (χ4n) is 1.45. The highest BCUT2D eigenvalue weighted by molar-refractivity contribution is 7.86. The molecule has 0 saturated carbocycles. The number of carboxylic acid groups (broad SMARTS) is 1. The number of furan rings is 1. The van der Waals surface area contributed by atoms with Gasteiger partial charge in [-0.3, -0.25) is 13.8 Å². The lowest BCUT2D eigenvalue weighted by Crippen LogP contribution is -2.31. The second-order valence-electron chi connectivity index (χ2n) is 3.70. The van der Waals surface area contributed by atoms with Gasteiger partial charge in [0.05, 0.1) is 5.75 Å². The van der Waals surface area contributed by atoms with E-state index in [0.717, 1.165) is 0 Å². The van der Waals surface area contributed by atoms with Crippen LogP contribution in [0.4, 0.5) is 0 Å². The number of carbonyl (C=O) groups is 3. The lowest BCUT2D eigenvalue weighted by atomic mass is 10.2. The van der Waals surface area contributed by atoms with Gasteiger partial charge in [-0.05, 0) is 26.0 Å². The van der Waals surface area contributed by atoms with Gasteiger partial charge in [0.1, 0.15) is 5.76 Å². The van der Waals surface area contributed by atoms with Gasteiger partial charge in [0.15, 0.2) is 16.8 Å². The summed E-state index contributed by atoms with van der Waals surface area (Å²) in [5.74, 6) is -2.47. The molecule has 18 heavy (non-hydrogen) atoms. The average molecular weight is 272 g/mol. The van der Waals surface area contributed by atoms with Crippen molar-refractivity contribution < 1.29 is 28.1 Å². The minimum Gasteiger partial charge on any atom is -0.475 e. The van der Waals surface area contributed by atoms with Crippen LogP contribution in [0, 0.1) is 0 Å². The van der Waals surface area contributed by atoms with Gasteiger partial charge >= 0.3 is 5.97 Å². The Kier molecular flexibility index (Phi) is 4.55. The quantitative estimate of drug-likeness (QED) is 0.767. The Hall–Kier alpha value is -1.76. The normalized spacial score (nSPS) is 12.4. The third kappa shape index (κ3) is 3.36. The molecule has 1 rings (SSSR count). The molecule has 0 bridgehead atoms. The third-order valence-corrected chi connectivity index (χ3v) is 3.92. The molecular weight excluding hydrogens is 260 g/mol. The molecular formula is C11H12O6S. The molecule has 0 saturated heterocycles. The number of ketones is 2. The van der Waals surface area contributed by atoms with Crippen molar-refractivity contribution in [3.63, 3.8) is 0 Å². The molecule has 1 aromatic rings. The molecule has 0 fully saturated rings. The maximum atomic E-state index is 11.8. The van der Waals surface area contributed by atoms with E-state index in [0.29, 0.717) is 0 Å². The lowest BCUT2D eigenvalue weighted by molar-refractivity contribution is -0.124. The zero-order chi connectivity index (χ0) is 13.9. The first-order valence-electron chi connectivity index (χ1n) is 5.03. The van der Waals surface area contributed by atoms with Gasteiger partial charge in [0.2, 0.25) is 5.76 Å². The van der Waals surface area contributed by atoms with Crippen LogP contribution in [-0.4, -0.2) is 32.1 Å². The van der Waals surface area contributed by atoms with E-state index < -0.39 is 33.6 Å². The first-order valence-corrected chi connectivity index (χ1v) is 6.41. The van der Waals surface area contributed by atoms with E-state index in [1.165, 1.54) is 26.0 Å². The van der Waals surface area contributed by atoms with Gasteiger partial charge in [0, 0.05) is 10.8 Å². The summed E-state index contributed by atoms with van der Waals surface area (Å²) >= 11 is 0. The van der Waals surface area contributed by atoms with Crippen molar-refractivity contribution in [1.82, 2.24) is 0 Å². The monoisotopic (exact) mass is 272 g/mol. The predicted octanol–water partition coefficient (Wildman–Crippen LogP) is 0.773. The Morgan fingerprint density at radius 3 is 2.22 bits per heavy atom. The molecule has 1 atom stereocenters. The SMILES string of the molecule is CC(=O)C(C(C)=O)S(=O)Cc1ccc(C(=O)O)o1. The Balaban J connectivity index is 2.82. The summed E-state index contributed by atoms with van der Waals surface area (Å²) in [6, 6.07) is 2.59. The Morgan fingerprint density at radius 1 is 1.28 bits per heavy atom. The van der Waals surface area contributed by atoms with Gasteiger partial charge < -0.3 is 9.52 Å². The van der Waals surface area contributed by atoms with Crippen LogP contribution < -0.4 is 0 Å². The number of Topliss-reactive ketones (excluding diaryl/α,β-unsaturated/α-hetero) is 2. The molecule has 1 N–H and O–H groups in total. The zero-order valence-corrected chi connectivity index (χ0v) is 10.7. The number of rotatable bonds is 6. The van der Waals surface area contributed by atoms with Crippen molar-refractivity contribution in [2.75, 3.05) is 0 Å². The molecule has 1 aromatic heterocycles. The second-order valence-corrected chi connectivity index (χ2v) is 5.22. The number of carbonyl (C=O) groups excluding carboxylic acids is 2. The van der Waals surface area contributed by atoms with E-state index in [1.54, 1.807) is 0 Å². The van der Waals surface area contributed by atoms with E-state index in [9.17, 15) is 18.6 Å². The highest BCUT2D eigenvalue weighted by Crippen LogP contribution is 2.13. The molecule has 0 amide bonds. The van der Waals surface area contributed by atoms with Crippen LogP contribution in [0.25, 0.3) is 0 Å². The van der Waals surface area contributed by atoms with Crippen LogP contribution in [0.15, 0.2) is 16.5 Å². The van der Waals surface area contributed by atoms with E-state index in [2.05, 4.69) is 0 Å². The second kappa shape index (κ2) is 5.72. The number of hydrogen-bond acceptors (Lipinski definition) is 5. The summed E-state index contributed by atoms with van der Waals surface area (Å²) in [7, 11) is -1.75. The summed E-state index contributed by atoms with van der Waals surface area (Å²) in [4.78, 5) is 33.0. The molecule has 6 nitrogen and oxygen atoms in total. The standard InChI is InChI=1S/C11H12O6S/c1-6(12)10(7(2)13)18(16)5-8-3-4-9(17-8)11(14)15/h3-4,10H,5H2,1-2H3,(H,14,15). The molecule has 0 aliphatic heterocycles. The van der Waals surface area contributed by atoms with E-state index >= 15 is 0 Å². The molecule has 0 spiro atoms. The Labute approximate surface area is 105 Å². The van der Waals surface area contributed by atoms with Gasteiger partial charge in [-0.2, -0.15) is 0 Å². The van der Waals surface area contributed by atoms with Crippen LogP contribution >= 0.6 is 0 Å². The number of carboxylic acids is 1. The maximum Gasteiger partial charge on any atom is 0.371 e. The molecule has 1 unspecified atom stereocenters. The van der Waals surface area contributed by atoms with Gasteiger partial charge in [-0.25, -0.2) is 4.79 Å². The first kappa shape index (κ1) is 14.3. The van der Waals surface area contributed by atoms with Crippen LogP contribution in [0.5, 0.6) is 0 Å². The zero-order valence-electron chi connectivity index (χ0n) is 9.84. The molecule has 0 aliphatic carbocycles. The minimum absolute atomic E-state index is 0.165. The molecule has 98 valence electrons. The van der Waals surface area contributed by atoms with Crippen molar-refractivity contribution in [1.29, 1.82) is 0 Å². The van der Waals surface area contributed by atoms with E-state index in [4.69, 9.17) is 9.52 Å². The fourth-order valence-corrected chi connectivity index (χ4v) is 2.79. The lowest BCUT2D eigenvalue weighted by Gasteiger charge is -2.08. The fraction of sp³-hybridized carbons (Fsp3) is 0.364. The summed E-state index contributed by atoms with van der Waals surface area (Å²) in [6.07, 6.45) is 0. The first-order chi connectivity index (χ1) is 8.32. The summed E-state index contributed by atoms with van der Waals surface area (Å²) in [6.45, 7) is 2.38. The van der Waals surface area contributed by atoms with E-state index in [1.807, 2.05) is 0 Å². The summed E-state index contributed by atoms with van der Waals surface area (Å²) in [5, 5.41) is 7.45.